The highest BCUT2D eigenvalue weighted by molar-refractivity contribution is 7.46. The first-order valence-corrected chi connectivity index (χ1v) is 9.10. The number of aromatic amines is 1. The standard InChI is InChI=1S/C13H16N5O8P/c1-2-3-14-13-16-10-7(11(21)17-13)15-5-18(10)12-9(20)8(19)6(26-12)4-25-27(22,23)24/h1,5-6,8-9,12,19-20H,3-4H2,(H2,22,23,24)(H2,14,16,17,21)/t6-,8-,9-,12-/m1/s1. The van der Waals surface area contributed by atoms with Gasteiger partial charge >= 0.3 is 7.82 Å². The Balaban J connectivity index is 1.90. The Morgan fingerprint density at radius 2 is 2.19 bits per heavy atom. The predicted octanol–water partition coefficient (Wildman–Crippen LogP) is -2.11. The Morgan fingerprint density at radius 3 is 2.85 bits per heavy atom. The van der Waals surface area contributed by atoms with E-state index in [-0.39, 0.29) is 23.7 Å². The number of fused-ring (bicyclic) bond motifs is 1. The third-order valence-corrected chi connectivity index (χ3v) is 4.29. The van der Waals surface area contributed by atoms with Crippen LogP contribution in [0.15, 0.2) is 11.1 Å². The van der Waals surface area contributed by atoms with Gasteiger partial charge in [0.25, 0.3) is 5.56 Å². The molecule has 3 rings (SSSR count). The minimum absolute atomic E-state index is 0.0403. The van der Waals surface area contributed by atoms with Crippen molar-refractivity contribution in [3.63, 3.8) is 0 Å². The third kappa shape index (κ3) is 4.02. The van der Waals surface area contributed by atoms with E-state index in [9.17, 15) is 19.6 Å². The summed E-state index contributed by atoms with van der Waals surface area (Å²) in [6.45, 7) is -0.555. The number of terminal acetylenes is 1. The largest absolute Gasteiger partial charge is 0.469 e. The summed E-state index contributed by atoms with van der Waals surface area (Å²) in [5, 5.41) is 23.0. The molecule has 0 aromatic carbocycles. The molecule has 27 heavy (non-hydrogen) atoms. The van der Waals surface area contributed by atoms with Gasteiger partial charge in [-0.15, -0.1) is 6.42 Å². The summed E-state index contributed by atoms with van der Waals surface area (Å²) in [5.74, 6) is 2.39. The predicted molar refractivity (Wildman–Crippen MR) is 89.4 cm³/mol. The minimum Gasteiger partial charge on any atom is -0.387 e. The number of aliphatic hydroxyl groups excluding tert-OH is 2. The first-order valence-electron chi connectivity index (χ1n) is 7.57. The number of rotatable bonds is 6. The SMILES string of the molecule is C#CCNc1nc2c(ncn2[C@@H]2O[C@H](COP(=O)(O)O)[C@@H](O)[C@H]2O)c(=O)[nH]1. The summed E-state index contributed by atoms with van der Waals surface area (Å²) in [6, 6.07) is 0. The maximum atomic E-state index is 12.1. The fourth-order valence-corrected chi connectivity index (χ4v) is 2.94. The van der Waals surface area contributed by atoms with Crippen LogP contribution in [0.5, 0.6) is 0 Å². The number of imidazole rings is 1. The molecule has 2 aromatic rings. The molecule has 2 aromatic heterocycles. The lowest BCUT2D eigenvalue weighted by Crippen LogP contribution is -2.33. The van der Waals surface area contributed by atoms with E-state index in [4.69, 9.17) is 20.9 Å². The van der Waals surface area contributed by atoms with Crippen molar-refractivity contribution in [2.24, 2.45) is 0 Å². The van der Waals surface area contributed by atoms with Crippen molar-refractivity contribution in [3.8, 4) is 12.3 Å². The van der Waals surface area contributed by atoms with Crippen LogP contribution in [0, 0.1) is 12.3 Å². The number of anilines is 1. The van der Waals surface area contributed by atoms with Crippen LogP contribution in [-0.4, -0.2) is 71.0 Å². The summed E-state index contributed by atoms with van der Waals surface area (Å²) in [4.78, 5) is 40.1. The Morgan fingerprint density at radius 1 is 1.44 bits per heavy atom. The fraction of sp³-hybridized carbons (Fsp3) is 0.462. The molecule has 13 nitrogen and oxygen atoms in total. The topological polar surface area (TPSA) is 192 Å². The Kier molecular flexibility index (Phi) is 5.31. The zero-order valence-corrected chi connectivity index (χ0v) is 14.5. The minimum atomic E-state index is -4.78. The smallest absolute Gasteiger partial charge is 0.387 e. The summed E-state index contributed by atoms with van der Waals surface area (Å²) in [5.41, 5.74) is -0.555. The van der Waals surface area contributed by atoms with E-state index in [1.807, 2.05) is 0 Å². The average molecular weight is 401 g/mol. The van der Waals surface area contributed by atoms with Crippen LogP contribution in [0.2, 0.25) is 0 Å². The highest BCUT2D eigenvalue weighted by Gasteiger charge is 2.45. The van der Waals surface area contributed by atoms with Crippen molar-refractivity contribution in [1.29, 1.82) is 0 Å². The van der Waals surface area contributed by atoms with Gasteiger partial charge in [-0.05, 0) is 0 Å². The van der Waals surface area contributed by atoms with E-state index in [2.05, 4.69) is 30.7 Å². The number of hydrogen-bond donors (Lipinski definition) is 6. The van der Waals surface area contributed by atoms with E-state index in [1.165, 1.54) is 10.9 Å². The lowest BCUT2D eigenvalue weighted by Gasteiger charge is -2.16. The molecule has 0 bridgehead atoms. The molecule has 0 radical (unpaired) electrons. The van der Waals surface area contributed by atoms with Crippen molar-refractivity contribution in [1.82, 2.24) is 19.5 Å². The Bertz CT molecular complexity index is 977. The number of hydrogen-bond acceptors (Lipinski definition) is 9. The van der Waals surface area contributed by atoms with Gasteiger partial charge in [0.15, 0.2) is 17.4 Å². The molecule has 0 amide bonds. The van der Waals surface area contributed by atoms with E-state index >= 15 is 0 Å². The van der Waals surface area contributed by atoms with Crippen molar-refractivity contribution >= 4 is 24.9 Å². The number of aliphatic hydroxyl groups is 2. The molecule has 1 saturated heterocycles. The molecule has 6 N–H and O–H groups in total. The lowest BCUT2D eigenvalue weighted by molar-refractivity contribution is -0.0503. The summed E-state index contributed by atoms with van der Waals surface area (Å²) >= 11 is 0. The van der Waals surface area contributed by atoms with Crippen molar-refractivity contribution in [3.05, 3.63) is 16.7 Å². The second-order valence-corrected chi connectivity index (χ2v) is 6.87. The van der Waals surface area contributed by atoms with Gasteiger partial charge in [-0.2, -0.15) is 4.98 Å². The van der Waals surface area contributed by atoms with E-state index < -0.39 is 44.5 Å². The van der Waals surface area contributed by atoms with Gasteiger partial charge in [0.05, 0.1) is 19.5 Å². The molecule has 3 heterocycles. The second kappa shape index (κ2) is 7.37. The van der Waals surface area contributed by atoms with Crippen LogP contribution in [0.1, 0.15) is 6.23 Å². The maximum Gasteiger partial charge on any atom is 0.469 e. The number of nitrogens with zero attached hydrogens (tertiary/aromatic N) is 3. The molecule has 0 unspecified atom stereocenters. The monoisotopic (exact) mass is 401 g/mol. The zero-order chi connectivity index (χ0) is 19.8. The number of ether oxygens (including phenoxy) is 1. The number of H-pyrrole nitrogens is 1. The van der Waals surface area contributed by atoms with Gasteiger partial charge in [-0.25, -0.2) is 9.55 Å². The van der Waals surface area contributed by atoms with Gasteiger partial charge in [0, 0.05) is 0 Å². The maximum absolute atomic E-state index is 12.1. The summed E-state index contributed by atoms with van der Waals surface area (Å²) in [7, 11) is -4.78. The van der Waals surface area contributed by atoms with Crippen molar-refractivity contribution in [2.45, 2.75) is 24.5 Å². The highest BCUT2D eigenvalue weighted by atomic mass is 31.2. The second-order valence-electron chi connectivity index (χ2n) is 5.63. The first kappa shape index (κ1) is 19.5. The van der Waals surface area contributed by atoms with E-state index in [0.717, 1.165) is 0 Å². The zero-order valence-electron chi connectivity index (χ0n) is 13.6. The molecule has 14 heteroatoms. The molecule has 1 aliphatic rings. The normalized spacial score (nSPS) is 25.6. The highest BCUT2D eigenvalue weighted by Crippen LogP contribution is 2.38. The van der Waals surface area contributed by atoms with E-state index in [1.54, 1.807) is 0 Å². The number of phosphoric ester groups is 1. The number of aromatic nitrogens is 4. The molecule has 0 saturated carbocycles. The van der Waals surface area contributed by atoms with Crippen molar-refractivity contribution < 1.29 is 33.8 Å². The van der Waals surface area contributed by atoms with Crippen LogP contribution < -0.4 is 10.9 Å². The fourth-order valence-electron chi connectivity index (χ4n) is 2.60. The number of nitrogens with one attached hydrogen (secondary N) is 2. The molecule has 0 aliphatic carbocycles. The van der Waals surface area contributed by atoms with E-state index in [0.29, 0.717) is 0 Å². The molecule has 1 fully saturated rings. The molecular formula is C13H16N5O8P. The van der Waals surface area contributed by atoms with Gasteiger partial charge in [0.2, 0.25) is 5.95 Å². The molecule has 0 spiro atoms. The Hall–Kier alpha value is -2.30. The number of phosphoric acid groups is 1. The van der Waals surface area contributed by atoms with Gasteiger partial charge < -0.3 is 30.1 Å². The van der Waals surface area contributed by atoms with Gasteiger partial charge in [0.1, 0.15) is 18.3 Å². The third-order valence-electron chi connectivity index (χ3n) is 3.81. The van der Waals surface area contributed by atoms with Crippen LogP contribution in [-0.2, 0) is 13.8 Å². The van der Waals surface area contributed by atoms with Crippen LogP contribution in [0.25, 0.3) is 11.2 Å². The molecule has 146 valence electrons. The van der Waals surface area contributed by atoms with Crippen LogP contribution in [0.4, 0.5) is 5.95 Å². The Labute approximate surface area is 151 Å². The summed E-state index contributed by atoms with van der Waals surface area (Å²) < 4.78 is 21.8. The van der Waals surface area contributed by atoms with Crippen LogP contribution >= 0.6 is 7.82 Å². The van der Waals surface area contributed by atoms with Gasteiger partial charge in [-0.3, -0.25) is 18.9 Å². The summed E-state index contributed by atoms with van der Waals surface area (Å²) in [6.07, 6.45) is 0.898. The first-order chi connectivity index (χ1) is 12.7. The van der Waals surface area contributed by atoms with Crippen LogP contribution in [0.3, 0.4) is 0 Å². The quantitative estimate of drug-likeness (QED) is 0.229. The van der Waals surface area contributed by atoms with Gasteiger partial charge in [-0.1, -0.05) is 5.92 Å². The average Bonchev–Trinajstić information content (AvgIpc) is 3.13. The molecular weight excluding hydrogens is 385 g/mol. The van der Waals surface area contributed by atoms with Crippen molar-refractivity contribution in [2.75, 3.05) is 18.5 Å². The molecule has 1 aliphatic heterocycles. The lowest BCUT2D eigenvalue weighted by atomic mass is 10.1. The molecule has 4 atom stereocenters.